The molecule has 1 aliphatic carbocycles. The first kappa shape index (κ1) is 30.0. The van der Waals surface area contributed by atoms with E-state index in [9.17, 15) is 0 Å². The van der Waals surface area contributed by atoms with Gasteiger partial charge < -0.3 is 0 Å². The summed E-state index contributed by atoms with van der Waals surface area (Å²) >= 11 is 0. The summed E-state index contributed by atoms with van der Waals surface area (Å²) in [5.74, 6) is 0. The zero-order valence-electron chi connectivity index (χ0n) is 29.6. The molecule has 0 fully saturated rings. The van der Waals surface area contributed by atoms with Gasteiger partial charge in [0.05, 0.1) is 22.9 Å². The second kappa shape index (κ2) is 11.2. The van der Waals surface area contributed by atoms with E-state index in [4.69, 9.17) is 9.97 Å². The molecule has 0 radical (unpaired) electrons. The average Bonchev–Trinajstić information content (AvgIpc) is 3.43. The SMILES string of the molecule is CC1(C)c2ccccc2-c2cc3c(-c4ccc5ccccc5c4)c4ccc(-c5cnc6ccccc6n5)cc4c(-c4ccc5ccccc5c4)c3cc21. The number of hydrogen-bond donors (Lipinski definition) is 0. The molecule has 1 aliphatic rings. The summed E-state index contributed by atoms with van der Waals surface area (Å²) in [5.41, 5.74) is 13.9. The van der Waals surface area contributed by atoms with Gasteiger partial charge in [-0.3, -0.25) is 4.98 Å². The Kier molecular flexibility index (Phi) is 6.33. The van der Waals surface area contributed by atoms with Crippen LogP contribution in [0, 0.1) is 0 Å². The number of fused-ring (bicyclic) bond motifs is 8. The van der Waals surface area contributed by atoms with E-state index in [1.807, 2.05) is 30.5 Å². The predicted octanol–water partition coefficient (Wildman–Crippen LogP) is 13.5. The van der Waals surface area contributed by atoms with Gasteiger partial charge in [0.2, 0.25) is 0 Å². The number of aromatic nitrogens is 2. The average molecular weight is 675 g/mol. The van der Waals surface area contributed by atoms with Gasteiger partial charge in [-0.2, -0.15) is 0 Å². The second-order valence-electron chi connectivity index (χ2n) is 15.0. The highest BCUT2D eigenvalue weighted by Crippen LogP contribution is 2.53. The zero-order valence-corrected chi connectivity index (χ0v) is 29.6. The molecule has 0 aliphatic heterocycles. The fraction of sp³-hybridized carbons (Fsp3) is 0.0588. The van der Waals surface area contributed by atoms with Crippen LogP contribution >= 0.6 is 0 Å². The molecule has 0 saturated heterocycles. The Morgan fingerprint density at radius 2 is 0.962 bits per heavy atom. The molecule has 0 N–H and O–H groups in total. The molecule has 9 aromatic carbocycles. The van der Waals surface area contributed by atoms with Gasteiger partial charge in [0, 0.05) is 11.0 Å². The van der Waals surface area contributed by atoms with Crippen LogP contribution in [0.4, 0.5) is 0 Å². The lowest BCUT2D eigenvalue weighted by atomic mass is 9.79. The Morgan fingerprint density at radius 3 is 1.70 bits per heavy atom. The van der Waals surface area contributed by atoms with Crippen LogP contribution in [0.2, 0.25) is 0 Å². The van der Waals surface area contributed by atoms with Crippen LogP contribution in [0.25, 0.3) is 98.8 Å². The third-order valence-electron chi connectivity index (χ3n) is 11.6. The molecule has 0 atom stereocenters. The van der Waals surface area contributed by atoms with Crippen LogP contribution < -0.4 is 0 Å². The minimum absolute atomic E-state index is 0.138. The van der Waals surface area contributed by atoms with Crippen LogP contribution in [0.1, 0.15) is 25.0 Å². The Bertz CT molecular complexity index is 3150. The molecule has 1 heterocycles. The van der Waals surface area contributed by atoms with Gasteiger partial charge in [-0.1, -0.05) is 135 Å². The molecule has 248 valence electrons. The van der Waals surface area contributed by atoms with Crippen molar-refractivity contribution in [2.75, 3.05) is 0 Å². The maximum atomic E-state index is 5.10. The fourth-order valence-electron chi connectivity index (χ4n) is 8.99. The monoisotopic (exact) mass is 674 g/mol. The molecule has 11 rings (SSSR count). The molecule has 0 bridgehead atoms. The van der Waals surface area contributed by atoms with Gasteiger partial charge in [-0.25, -0.2) is 4.98 Å². The number of hydrogen-bond acceptors (Lipinski definition) is 2. The van der Waals surface area contributed by atoms with E-state index in [0.717, 1.165) is 22.3 Å². The molecule has 10 aromatic rings. The highest BCUT2D eigenvalue weighted by atomic mass is 14.8. The lowest BCUT2D eigenvalue weighted by molar-refractivity contribution is 0.661. The second-order valence-corrected chi connectivity index (χ2v) is 15.0. The van der Waals surface area contributed by atoms with E-state index in [1.165, 1.54) is 87.6 Å². The fourth-order valence-corrected chi connectivity index (χ4v) is 8.99. The van der Waals surface area contributed by atoms with Crippen LogP contribution in [-0.4, -0.2) is 9.97 Å². The summed E-state index contributed by atoms with van der Waals surface area (Å²) in [6, 6.07) is 60.2. The minimum Gasteiger partial charge on any atom is -0.252 e. The predicted molar refractivity (Wildman–Crippen MR) is 223 cm³/mol. The zero-order chi connectivity index (χ0) is 35.3. The standard InChI is InChI=1S/C51H34N2/c1-51(2)44-16-8-7-15-38(44)40-28-42-43(29-45(40)51)50(37-22-20-32-12-4-6-14-34(32)26-37)41-27-35(48-30-52-46-17-9-10-18-47(46)53-48)23-24-39(41)49(42)36-21-19-31-11-3-5-13-33(31)25-36/h3-30H,1-2H3. The van der Waals surface area contributed by atoms with Crippen molar-refractivity contribution >= 4 is 54.1 Å². The van der Waals surface area contributed by atoms with Crippen molar-refractivity contribution in [2.45, 2.75) is 19.3 Å². The van der Waals surface area contributed by atoms with E-state index >= 15 is 0 Å². The summed E-state index contributed by atoms with van der Waals surface area (Å²) in [5, 5.41) is 9.90. The van der Waals surface area contributed by atoms with Crippen molar-refractivity contribution in [3.05, 3.63) is 181 Å². The number of nitrogens with zero attached hydrogens (tertiary/aromatic N) is 2. The van der Waals surface area contributed by atoms with Gasteiger partial charge in [0.15, 0.2) is 0 Å². The number of rotatable bonds is 3. The van der Waals surface area contributed by atoms with E-state index < -0.39 is 0 Å². The first-order valence-corrected chi connectivity index (χ1v) is 18.4. The Morgan fingerprint density at radius 1 is 0.396 bits per heavy atom. The van der Waals surface area contributed by atoms with Crippen molar-refractivity contribution in [1.82, 2.24) is 9.97 Å². The summed E-state index contributed by atoms with van der Waals surface area (Å²) in [4.78, 5) is 9.91. The van der Waals surface area contributed by atoms with Crippen LogP contribution in [0.5, 0.6) is 0 Å². The Hall–Kier alpha value is -6.64. The molecule has 53 heavy (non-hydrogen) atoms. The van der Waals surface area contributed by atoms with Gasteiger partial charge >= 0.3 is 0 Å². The van der Waals surface area contributed by atoms with Gasteiger partial charge in [-0.15, -0.1) is 0 Å². The Labute approximate surface area is 308 Å². The molecule has 0 spiro atoms. The molecule has 0 amide bonds. The van der Waals surface area contributed by atoms with Crippen molar-refractivity contribution in [3.8, 4) is 44.6 Å². The first-order chi connectivity index (χ1) is 26.0. The van der Waals surface area contributed by atoms with Crippen molar-refractivity contribution < 1.29 is 0 Å². The first-order valence-electron chi connectivity index (χ1n) is 18.4. The highest BCUT2D eigenvalue weighted by Gasteiger charge is 2.36. The third-order valence-corrected chi connectivity index (χ3v) is 11.6. The molecule has 0 saturated carbocycles. The highest BCUT2D eigenvalue weighted by molar-refractivity contribution is 6.23. The summed E-state index contributed by atoms with van der Waals surface area (Å²) < 4.78 is 0. The van der Waals surface area contributed by atoms with Crippen LogP contribution in [0.3, 0.4) is 0 Å². The lowest BCUT2D eigenvalue weighted by Gasteiger charge is -2.24. The van der Waals surface area contributed by atoms with E-state index in [-0.39, 0.29) is 5.41 Å². The Balaban J connectivity index is 1.31. The maximum Gasteiger partial charge on any atom is 0.0894 e. The number of benzene rings is 9. The van der Waals surface area contributed by atoms with E-state index in [2.05, 4.69) is 153 Å². The van der Waals surface area contributed by atoms with E-state index in [0.29, 0.717) is 0 Å². The third kappa shape index (κ3) is 4.52. The quantitative estimate of drug-likeness (QED) is 0.174. The summed E-state index contributed by atoms with van der Waals surface area (Å²) in [7, 11) is 0. The van der Waals surface area contributed by atoms with Gasteiger partial charge in [0.1, 0.15) is 0 Å². The van der Waals surface area contributed by atoms with Crippen molar-refractivity contribution in [2.24, 2.45) is 0 Å². The lowest BCUT2D eigenvalue weighted by Crippen LogP contribution is -2.14. The smallest absolute Gasteiger partial charge is 0.0894 e. The van der Waals surface area contributed by atoms with Gasteiger partial charge in [0.25, 0.3) is 0 Å². The minimum atomic E-state index is -0.138. The van der Waals surface area contributed by atoms with Crippen molar-refractivity contribution in [3.63, 3.8) is 0 Å². The molecule has 0 unspecified atom stereocenters. The molecule has 2 nitrogen and oxygen atoms in total. The maximum absolute atomic E-state index is 5.10. The van der Waals surface area contributed by atoms with Crippen LogP contribution in [-0.2, 0) is 5.41 Å². The summed E-state index contributed by atoms with van der Waals surface area (Å²) in [6.07, 6.45) is 1.91. The molecule has 2 heteroatoms. The number of para-hydroxylation sites is 2. The molecular formula is C51H34N2. The summed E-state index contributed by atoms with van der Waals surface area (Å²) in [6.45, 7) is 4.75. The molecular weight excluding hydrogens is 641 g/mol. The van der Waals surface area contributed by atoms with Crippen LogP contribution in [0.15, 0.2) is 170 Å². The topological polar surface area (TPSA) is 25.8 Å². The normalized spacial score (nSPS) is 13.2. The van der Waals surface area contributed by atoms with E-state index in [1.54, 1.807) is 0 Å². The van der Waals surface area contributed by atoms with Gasteiger partial charge in [-0.05, 0) is 130 Å². The molecule has 1 aromatic heterocycles. The van der Waals surface area contributed by atoms with Crippen molar-refractivity contribution in [1.29, 1.82) is 0 Å². The largest absolute Gasteiger partial charge is 0.252 e.